The Balaban J connectivity index is 1.68. The Labute approximate surface area is 131 Å². The van der Waals surface area contributed by atoms with Crippen molar-refractivity contribution < 1.29 is 9.47 Å². The fourth-order valence-corrected chi connectivity index (χ4v) is 4.09. The SMILES string of the molecule is CC[C@H]1CN(C)[C@H](c2cc3ccccc3[nH]2)CC12OCCO2. The molecule has 2 aromatic rings. The molecule has 1 aromatic carbocycles. The summed E-state index contributed by atoms with van der Waals surface area (Å²) in [7, 11) is 2.21. The van der Waals surface area contributed by atoms with Crippen LogP contribution in [0.25, 0.3) is 10.9 Å². The molecule has 2 aliphatic heterocycles. The fraction of sp³-hybridized carbons (Fsp3) is 0.556. The molecule has 0 unspecified atom stereocenters. The van der Waals surface area contributed by atoms with Crippen molar-refractivity contribution in [2.24, 2.45) is 5.92 Å². The largest absolute Gasteiger partial charge is 0.357 e. The van der Waals surface area contributed by atoms with Gasteiger partial charge < -0.3 is 14.5 Å². The molecule has 0 saturated carbocycles. The zero-order valence-electron chi connectivity index (χ0n) is 13.3. The minimum Gasteiger partial charge on any atom is -0.357 e. The van der Waals surface area contributed by atoms with Crippen LogP contribution in [0.4, 0.5) is 0 Å². The highest BCUT2D eigenvalue weighted by Gasteiger charge is 2.50. The standard InChI is InChI=1S/C18H24N2O2/c1-3-14-12-20(2)17(11-18(14)21-8-9-22-18)16-10-13-6-4-5-7-15(13)19-16/h4-7,10,14,17,19H,3,8-9,11-12H2,1-2H3/t14-,17-/m0/s1. The topological polar surface area (TPSA) is 37.5 Å². The van der Waals surface area contributed by atoms with Crippen molar-refractivity contribution in [1.29, 1.82) is 0 Å². The molecule has 1 spiro atoms. The number of likely N-dealkylation sites (tertiary alicyclic amines) is 1. The third-order valence-electron chi connectivity index (χ3n) is 5.32. The lowest BCUT2D eigenvalue weighted by Crippen LogP contribution is -2.52. The van der Waals surface area contributed by atoms with E-state index in [1.54, 1.807) is 0 Å². The number of piperidine rings is 1. The molecular weight excluding hydrogens is 276 g/mol. The number of H-pyrrole nitrogens is 1. The molecule has 2 aliphatic rings. The van der Waals surface area contributed by atoms with Gasteiger partial charge in [-0.1, -0.05) is 25.1 Å². The minimum atomic E-state index is -0.386. The van der Waals surface area contributed by atoms with Gasteiger partial charge in [0.1, 0.15) is 0 Å². The zero-order valence-corrected chi connectivity index (χ0v) is 13.3. The predicted octanol–water partition coefficient (Wildman–Crippen LogP) is 3.31. The van der Waals surface area contributed by atoms with E-state index in [0.29, 0.717) is 12.0 Å². The highest BCUT2D eigenvalue weighted by atomic mass is 16.7. The molecule has 0 radical (unpaired) electrons. The fourth-order valence-electron chi connectivity index (χ4n) is 4.09. The van der Waals surface area contributed by atoms with Gasteiger partial charge in [-0.2, -0.15) is 0 Å². The lowest BCUT2D eigenvalue weighted by molar-refractivity contribution is -0.231. The lowest BCUT2D eigenvalue weighted by Gasteiger charge is -2.46. The van der Waals surface area contributed by atoms with Gasteiger partial charge in [-0.25, -0.2) is 0 Å². The molecule has 0 bridgehead atoms. The van der Waals surface area contributed by atoms with E-state index in [1.807, 2.05) is 0 Å². The van der Waals surface area contributed by atoms with Gasteiger partial charge in [-0.05, 0) is 31.0 Å². The molecule has 4 nitrogen and oxygen atoms in total. The van der Waals surface area contributed by atoms with E-state index >= 15 is 0 Å². The first-order valence-electron chi connectivity index (χ1n) is 8.27. The van der Waals surface area contributed by atoms with Crippen LogP contribution in [-0.4, -0.2) is 42.5 Å². The average Bonchev–Trinajstić information content (AvgIpc) is 3.16. The van der Waals surface area contributed by atoms with E-state index in [1.165, 1.54) is 16.6 Å². The summed E-state index contributed by atoms with van der Waals surface area (Å²) >= 11 is 0. The Hall–Kier alpha value is -1.36. The summed E-state index contributed by atoms with van der Waals surface area (Å²) in [4.78, 5) is 6.02. The lowest BCUT2D eigenvalue weighted by atomic mass is 9.83. The maximum Gasteiger partial charge on any atom is 0.174 e. The van der Waals surface area contributed by atoms with E-state index in [9.17, 15) is 0 Å². The highest BCUT2D eigenvalue weighted by Crippen LogP contribution is 2.45. The number of benzene rings is 1. The highest BCUT2D eigenvalue weighted by molar-refractivity contribution is 5.80. The number of rotatable bonds is 2. The van der Waals surface area contributed by atoms with Crippen molar-refractivity contribution in [1.82, 2.24) is 9.88 Å². The number of aromatic nitrogens is 1. The average molecular weight is 300 g/mol. The second-order valence-corrected chi connectivity index (χ2v) is 6.59. The minimum absolute atomic E-state index is 0.313. The molecule has 0 aliphatic carbocycles. The molecule has 2 saturated heterocycles. The first-order valence-corrected chi connectivity index (χ1v) is 8.27. The maximum absolute atomic E-state index is 6.10. The Morgan fingerprint density at radius 2 is 2.05 bits per heavy atom. The van der Waals surface area contributed by atoms with Crippen LogP contribution in [0.5, 0.6) is 0 Å². The van der Waals surface area contributed by atoms with Crippen molar-refractivity contribution in [3.8, 4) is 0 Å². The van der Waals surface area contributed by atoms with Crippen molar-refractivity contribution in [2.45, 2.75) is 31.6 Å². The van der Waals surface area contributed by atoms with Crippen molar-refractivity contribution >= 4 is 10.9 Å². The van der Waals surface area contributed by atoms with Crippen LogP contribution in [0.1, 0.15) is 31.5 Å². The van der Waals surface area contributed by atoms with Crippen LogP contribution in [0.3, 0.4) is 0 Å². The van der Waals surface area contributed by atoms with E-state index < -0.39 is 0 Å². The van der Waals surface area contributed by atoms with Gasteiger partial charge in [0.25, 0.3) is 0 Å². The normalized spacial score (nSPS) is 28.6. The molecule has 1 N–H and O–H groups in total. The van der Waals surface area contributed by atoms with Crippen molar-refractivity contribution in [3.05, 3.63) is 36.0 Å². The summed E-state index contributed by atoms with van der Waals surface area (Å²) in [6, 6.07) is 11.0. The van der Waals surface area contributed by atoms with Gasteiger partial charge in [-0.3, -0.25) is 4.90 Å². The predicted molar refractivity (Wildman–Crippen MR) is 86.7 cm³/mol. The molecular formula is C18H24N2O2. The zero-order chi connectivity index (χ0) is 15.2. The quantitative estimate of drug-likeness (QED) is 0.924. The summed E-state index contributed by atoms with van der Waals surface area (Å²) in [5, 5.41) is 1.27. The Morgan fingerprint density at radius 3 is 2.77 bits per heavy atom. The van der Waals surface area contributed by atoms with Crippen LogP contribution >= 0.6 is 0 Å². The molecule has 0 amide bonds. The second kappa shape index (κ2) is 5.37. The number of nitrogens with zero attached hydrogens (tertiary/aromatic N) is 1. The van der Waals surface area contributed by atoms with E-state index in [-0.39, 0.29) is 5.79 Å². The molecule has 22 heavy (non-hydrogen) atoms. The number of para-hydroxylation sites is 1. The van der Waals surface area contributed by atoms with Crippen molar-refractivity contribution in [2.75, 3.05) is 26.8 Å². The number of ether oxygens (including phenoxy) is 2. The van der Waals surface area contributed by atoms with Gasteiger partial charge >= 0.3 is 0 Å². The number of aromatic amines is 1. The number of hydrogen-bond acceptors (Lipinski definition) is 3. The van der Waals surface area contributed by atoms with Gasteiger partial charge in [0.05, 0.1) is 19.3 Å². The third-order valence-corrected chi connectivity index (χ3v) is 5.32. The van der Waals surface area contributed by atoms with E-state index in [0.717, 1.165) is 32.6 Å². The molecule has 2 fully saturated rings. The van der Waals surface area contributed by atoms with Gasteiger partial charge in [0.2, 0.25) is 0 Å². The van der Waals surface area contributed by atoms with Crippen LogP contribution in [0.15, 0.2) is 30.3 Å². The van der Waals surface area contributed by atoms with Crippen LogP contribution in [0.2, 0.25) is 0 Å². The summed E-state index contributed by atoms with van der Waals surface area (Å²) in [6.07, 6.45) is 1.98. The molecule has 2 atom stereocenters. The van der Waals surface area contributed by atoms with Gasteiger partial charge in [-0.15, -0.1) is 0 Å². The molecule has 4 heteroatoms. The first-order chi connectivity index (χ1) is 10.7. The first kappa shape index (κ1) is 14.2. The maximum atomic E-state index is 6.10. The second-order valence-electron chi connectivity index (χ2n) is 6.59. The van der Waals surface area contributed by atoms with Crippen LogP contribution < -0.4 is 0 Å². The molecule has 3 heterocycles. The monoisotopic (exact) mass is 300 g/mol. The van der Waals surface area contributed by atoms with E-state index in [4.69, 9.17) is 9.47 Å². The van der Waals surface area contributed by atoms with Crippen LogP contribution in [-0.2, 0) is 9.47 Å². The summed E-state index contributed by atoms with van der Waals surface area (Å²) in [6.45, 7) is 4.68. The summed E-state index contributed by atoms with van der Waals surface area (Å²) in [5.74, 6) is 0.0593. The van der Waals surface area contributed by atoms with Crippen LogP contribution in [0, 0.1) is 5.92 Å². The van der Waals surface area contributed by atoms with E-state index in [2.05, 4.69) is 54.2 Å². The summed E-state index contributed by atoms with van der Waals surface area (Å²) in [5.41, 5.74) is 2.46. The molecule has 4 rings (SSSR count). The Kier molecular flexibility index (Phi) is 3.48. The third kappa shape index (κ3) is 2.18. The number of hydrogen-bond donors (Lipinski definition) is 1. The number of nitrogens with one attached hydrogen (secondary N) is 1. The Bertz CT molecular complexity index is 627. The molecule has 118 valence electrons. The van der Waals surface area contributed by atoms with Gasteiger partial charge in [0, 0.05) is 30.1 Å². The number of fused-ring (bicyclic) bond motifs is 1. The smallest absolute Gasteiger partial charge is 0.174 e. The Morgan fingerprint density at radius 1 is 1.27 bits per heavy atom. The van der Waals surface area contributed by atoms with Gasteiger partial charge in [0.15, 0.2) is 5.79 Å². The molecule has 1 aromatic heterocycles. The van der Waals surface area contributed by atoms with Crippen molar-refractivity contribution in [3.63, 3.8) is 0 Å². The summed E-state index contributed by atoms with van der Waals surface area (Å²) < 4.78 is 12.2.